The minimum absolute atomic E-state index is 0.245. The van der Waals surface area contributed by atoms with Crippen molar-refractivity contribution in [2.45, 2.75) is 19.5 Å². The van der Waals surface area contributed by atoms with Gasteiger partial charge in [-0.25, -0.2) is 4.39 Å². The second-order valence-corrected chi connectivity index (χ2v) is 5.24. The second-order valence-electron chi connectivity index (χ2n) is 3.85. The maximum atomic E-state index is 13.1. The van der Waals surface area contributed by atoms with Gasteiger partial charge in [0.1, 0.15) is 5.82 Å². The Hall–Kier alpha value is -0.900. The van der Waals surface area contributed by atoms with Gasteiger partial charge in [0, 0.05) is 22.5 Å². The highest BCUT2D eigenvalue weighted by atomic mass is 35.5. The van der Waals surface area contributed by atoms with Crippen LogP contribution in [0.5, 0.6) is 0 Å². The molecular weight excluding hydrogens is 257 g/mol. The molecule has 2 aromatic rings. The number of hydrogen-bond acceptors (Lipinski definition) is 2. The molecule has 17 heavy (non-hydrogen) atoms. The van der Waals surface area contributed by atoms with Gasteiger partial charge in [0.25, 0.3) is 0 Å². The van der Waals surface area contributed by atoms with E-state index in [-0.39, 0.29) is 11.9 Å². The first-order chi connectivity index (χ1) is 8.16. The van der Waals surface area contributed by atoms with Crippen LogP contribution in [-0.2, 0) is 6.54 Å². The predicted molar refractivity (Wildman–Crippen MR) is 71.0 cm³/mol. The number of halogens is 2. The molecule has 0 saturated carbocycles. The maximum Gasteiger partial charge on any atom is 0.123 e. The fourth-order valence-electron chi connectivity index (χ4n) is 1.58. The number of nitrogens with one attached hydrogen (secondary N) is 1. The van der Waals surface area contributed by atoms with Crippen molar-refractivity contribution < 1.29 is 4.39 Å². The molecule has 0 unspecified atom stereocenters. The Morgan fingerprint density at radius 2 is 2.24 bits per heavy atom. The molecule has 0 aliphatic carbocycles. The van der Waals surface area contributed by atoms with Crippen molar-refractivity contribution >= 4 is 22.9 Å². The molecule has 0 aliphatic heterocycles. The first-order valence-corrected chi connectivity index (χ1v) is 6.63. The van der Waals surface area contributed by atoms with E-state index in [4.69, 9.17) is 11.6 Å². The van der Waals surface area contributed by atoms with Gasteiger partial charge in [-0.3, -0.25) is 0 Å². The van der Waals surface area contributed by atoms with Crippen molar-refractivity contribution in [3.8, 4) is 0 Å². The molecular formula is C13H13ClFNS. The molecule has 0 saturated heterocycles. The Morgan fingerprint density at radius 3 is 2.94 bits per heavy atom. The SMILES string of the molecule is C[C@@H](NCc1cc(F)ccc1Cl)c1cccs1. The summed E-state index contributed by atoms with van der Waals surface area (Å²) in [4.78, 5) is 1.26. The zero-order valence-corrected chi connectivity index (χ0v) is 11.0. The van der Waals surface area contributed by atoms with E-state index in [1.807, 2.05) is 11.4 Å². The van der Waals surface area contributed by atoms with E-state index in [0.29, 0.717) is 11.6 Å². The van der Waals surface area contributed by atoms with Crippen LogP contribution in [0.15, 0.2) is 35.7 Å². The fourth-order valence-corrected chi connectivity index (χ4v) is 2.52. The summed E-state index contributed by atoms with van der Waals surface area (Å²) >= 11 is 7.70. The van der Waals surface area contributed by atoms with Crippen LogP contribution in [0.2, 0.25) is 5.02 Å². The van der Waals surface area contributed by atoms with E-state index in [9.17, 15) is 4.39 Å². The molecule has 0 fully saturated rings. The number of hydrogen-bond donors (Lipinski definition) is 1. The smallest absolute Gasteiger partial charge is 0.123 e. The van der Waals surface area contributed by atoms with Crippen molar-refractivity contribution in [2.75, 3.05) is 0 Å². The molecule has 1 nitrogen and oxygen atoms in total. The Morgan fingerprint density at radius 1 is 1.41 bits per heavy atom. The second kappa shape index (κ2) is 5.63. The minimum atomic E-state index is -0.255. The standard InChI is InChI=1S/C13H13ClFNS/c1-9(13-3-2-6-17-13)16-8-10-7-11(15)4-5-12(10)14/h2-7,9,16H,8H2,1H3/t9-/m1/s1. The van der Waals surface area contributed by atoms with Crippen LogP contribution in [0.3, 0.4) is 0 Å². The molecule has 1 aromatic carbocycles. The van der Waals surface area contributed by atoms with E-state index in [1.54, 1.807) is 17.4 Å². The van der Waals surface area contributed by atoms with Gasteiger partial charge in [-0.2, -0.15) is 0 Å². The number of benzene rings is 1. The van der Waals surface area contributed by atoms with Gasteiger partial charge in [-0.05, 0) is 42.1 Å². The molecule has 90 valence electrons. The average Bonchev–Trinajstić information content (AvgIpc) is 2.83. The molecule has 0 radical (unpaired) electrons. The lowest BCUT2D eigenvalue weighted by Gasteiger charge is -2.13. The van der Waals surface area contributed by atoms with Crippen molar-refractivity contribution in [3.63, 3.8) is 0 Å². The van der Waals surface area contributed by atoms with Gasteiger partial charge in [-0.1, -0.05) is 17.7 Å². The predicted octanol–water partition coefficient (Wildman–Crippen LogP) is 4.39. The summed E-state index contributed by atoms with van der Waals surface area (Å²) in [5.74, 6) is -0.255. The van der Waals surface area contributed by atoms with Crippen LogP contribution in [-0.4, -0.2) is 0 Å². The van der Waals surface area contributed by atoms with Crippen molar-refractivity contribution in [1.29, 1.82) is 0 Å². The van der Waals surface area contributed by atoms with E-state index >= 15 is 0 Å². The molecule has 0 bridgehead atoms. The van der Waals surface area contributed by atoms with E-state index in [0.717, 1.165) is 5.56 Å². The summed E-state index contributed by atoms with van der Waals surface area (Å²) in [6.07, 6.45) is 0. The van der Waals surface area contributed by atoms with E-state index in [1.165, 1.54) is 17.0 Å². The molecule has 0 spiro atoms. The van der Waals surface area contributed by atoms with Crippen LogP contribution < -0.4 is 5.32 Å². The average molecular weight is 270 g/mol. The highest BCUT2D eigenvalue weighted by molar-refractivity contribution is 7.10. The molecule has 1 aromatic heterocycles. The highest BCUT2D eigenvalue weighted by Gasteiger charge is 2.07. The first kappa shape index (κ1) is 12.6. The van der Waals surface area contributed by atoms with Crippen LogP contribution in [0.4, 0.5) is 4.39 Å². The first-order valence-electron chi connectivity index (χ1n) is 5.37. The third-order valence-corrected chi connectivity index (χ3v) is 4.00. The molecule has 1 atom stereocenters. The quantitative estimate of drug-likeness (QED) is 0.868. The van der Waals surface area contributed by atoms with Crippen LogP contribution in [0, 0.1) is 5.82 Å². The lowest BCUT2D eigenvalue weighted by molar-refractivity contribution is 0.576. The molecule has 1 heterocycles. The largest absolute Gasteiger partial charge is 0.305 e. The van der Waals surface area contributed by atoms with E-state index in [2.05, 4.69) is 18.3 Å². The highest BCUT2D eigenvalue weighted by Crippen LogP contribution is 2.21. The minimum Gasteiger partial charge on any atom is -0.305 e. The number of thiophene rings is 1. The normalized spacial score (nSPS) is 12.6. The van der Waals surface area contributed by atoms with Crippen LogP contribution in [0.25, 0.3) is 0 Å². The van der Waals surface area contributed by atoms with Gasteiger partial charge in [-0.15, -0.1) is 11.3 Å². The van der Waals surface area contributed by atoms with Gasteiger partial charge >= 0.3 is 0 Å². The van der Waals surface area contributed by atoms with Crippen molar-refractivity contribution in [2.24, 2.45) is 0 Å². The molecule has 0 amide bonds. The lowest BCUT2D eigenvalue weighted by Crippen LogP contribution is -2.17. The molecule has 2 rings (SSSR count). The van der Waals surface area contributed by atoms with E-state index < -0.39 is 0 Å². The lowest BCUT2D eigenvalue weighted by atomic mass is 10.2. The Kier molecular flexibility index (Phi) is 4.15. The molecule has 0 aliphatic rings. The Balaban J connectivity index is 2.00. The number of rotatable bonds is 4. The van der Waals surface area contributed by atoms with Gasteiger partial charge < -0.3 is 5.32 Å². The van der Waals surface area contributed by atoms with Crippen molar-refractivity contribution in [1.82, 2.24) is 5.32 Å². The van der Waals surface area contributed by atoms with Crippen molar-refractivity contribution in [3.05, 3.63) is 57.0 Å². The topological polar surface area (TPSA) is 12.0 Å². The summed E-state index contributed by atoms with van der Waals surface area (Å²) in [6.45, 7) is 2.65. The summed E-state index contributed by atoms with van der Waals surface area (Å²) < 4.78 is 13.1. The molecule has 1 N–H and O–H groups in total. The zero-order chi connectivity index (χ0) is 12.3. The fraction of sp³-hybridized carbons (Fsp3) is 0.231. The monoisotopic (exact) mass is 269 g/mol. The third kappa shape index (κ3) is 3.28. The summed E-state index contributed by atoms with van der Waals surface area (Å²) in [6, 6.07) is 8.77. The third-order valence-electron chi connectivity index (χ3n) is 2.58. The van der Waals surface area contributed by atoms with Gasteiger partial charge in [0.05, 0.1) is 0 Å². The summed E-state index contributed by atoms with van der Waals surface area (Å²) in [7, 11) is 0. The van der Waals surface area contributed by atoms with Gasteiger partial charge in [0.15, 0.2) is 0 Å². The maximum absolute atomic E-state index is 13.1. The van der Waals surface area contributed by atoms with Crippen LogP contribution in [0.1, 0.15) is 23.4 Å². The summed E-state index contributed by atoms with van der Waals surface area (Å²) in [5.41, 5.74) is 0.787. The Labute approximate surface area is 109 Å². The van der Waals surface area contributed by atoms with Gasteiger partial charge in [0.2, 0.25) is 0 Å². The summed E-state index contributed by atoms with van der Waals surface area (Å²) in [5, 5.41) is 5.97. The zero-order valence-electron chi connectivity index (χ0n) is 9.41. The Bertz CT molecular complexity index is 484. The van der Waals surface area contributed by atoms with Crippen LogP contribution >= 0.6 is 22.9 Å². The molecule has 4 heteroatoms.